The van der Waals surface area contributed by atoms with Crippen LogP contribution in [0, 0.1) is 0 Å². The average molecular weight is 300 g/mol. The van der Waals surface area contributed by atoms with Crippen LogP contribution in [0.2, 0.25) is 0 Å². The van der Waals surface area contributed by atoms with Crippen LogP contribution in [0.5, 0.6) is 0 Å². The third-order valence-electron chi connectivity index (χ3n) is 4.12. The van der Waals surface area contributed by atoms with Crippen LogP contribution in [0.3, 0.4) is 0 Å². The first kappa shape index (κ1) is 14.8. The van der Waals surface area contributed by atoms with Gasteiger partial charge in [-0.25, -0.2) is 0 Å². The first-order chi connectivity index (χ1) is 10.7. The summed E-state index contributed by atoms with van der Waals surface area (Å²) in [7, 11) is 1.79. The van der Waals surface area contributed by atoms with Crippen molar-refractivity contribution in [3.63, 3.8) is 0 Å². The van der Waals surface area contributed by atoms with Crippen molar-refractivity contribution < 1.29 is 15.3 Å². The molecule has 22 heavy (non-hydrogen) atoms. The summed E-state index contributed by atoms with van der Waals surface area (Å²) in [5.41, 5.74) is 4.28. The van der Waals surface area contributed by atoms with Crippen molar-refractivity contribution in [2.24, 2.45) is 0 Å². The summed E-state index contributed by atoms with van der Waals surface area (Å²) in [5, 5.41) is 36.8. The van der Waals surface area contributed by atoms with E-state index in [1.54, 1.807) is 7.05 Å². The molecule has 0 heterocycles. The van der Waals surface area contributed by atoms with Gasteiger partial charge in [-0.1, -0.05) is 24.3 Å². The second kappa shape index (κ2) is 5.96. The fraction of sp³-hybridized carbons (Fsp3) is 0.294. The maximum Gasteiger partial charge on any atom is 0.107 e. The zero-order chi connectivity index (χ0) is 15.7. The van der Waals surface area contributed by atoms with Crippen LogP contribution in [0.15, 0.2) is 36.4 Å². The van der Waals surface area contributed by atoms with Crippen molar-refractivity contribution in [2.45, 2.75) is 12.2 Å². The summed E-state index contributed by atoms with van der Waals surface area (Å²) < 4.78 is 0. The van der Waals surface area contributed by atoms with Gasteiger partial charge in [-0.3, -0.25) is 0 Å². The maximum atomic E-state index is 10.8. The largest absolute Gasteiger partial charge is 0.395 e. The van der Waals surface area contributed by atoms with E-state index >= 15 is 0 Å². The van der Waals surface area contributed by atoms with Crippen molar-refractivity contribution in [1.82, 2.24) is 0 Å². The number of benzene rings is 2. The summed E-state index contributed by atoms with van der Waals surface area (Å²) in [6.07, 6.45) is -1.61. The number of fused-ring (bicyclic) bond motifs is 2. The highest BCUT2D eigenvalue weighted by atomic mass is 16.3. The van der Waals surface area contributed by atoms with E-state index in [0.29, 0.717) is 23.2 Å². The van der Waals surface area contributed by atoms with Gasteiger partial charge in [0, 0.05) is 36.1 Å². The lowest BCUT2D eigenvalue weighted by molar-refractivity contribution is 0.174. The molecular formula is C17H20N2O3. The van der Waals surface area contributed by atoms with Crippen LogP contribution in [-0.2, 0) is 0 Å². The quantitative estimate of drug-likeness (QED) is 0.592. The molecule has 3 rings (SSSR count). The summed E-state index contributed by atoms with van der Waals surface area (Å²) in [6.45, 7) is 0.383. The monoisotopic (exact) mass is 300 g/mol. The van der Waals surface area contributed by atoms with Crippen LogP contribution in [-0.4, -0.2) is 35.5 Å². The highest BCUT2D eigenvalue weighted by Crippen LogP contribution is 2.46. The van der Waals surface area contributed by atoms with E-state index in [-0.39, 0.29) is 6.61 Å². The van der Waals surface area contributed by atoms with Gasteiger partial charge in [0.2, 0.25) is 0 Å². The molecule has 0 spiro atoms. The Morgan fingerprint density at radius 2 is 1.45 bits per heavy atom. The summed E-state index contributed by atoms with van der Waals surface area (Å²) in [6, 6.07) is 11.1. The smallest absolute Gasteiger partial charge is 0.107 e. The lowest BCUT2D eigenvalue weighted by Crippen LogP contribution is -2.21. The molecule has 0 amide bonds. The van der Waals surface area contributed by atoms with E-state index in [1.165, 1.54) is 0 Å². The van der Waals surface area contributed by atoms with Gasteiger partial charge in [0.1, 0.15) is 12.2 Å². The Labute approximate surface area is 129 Å². The van der Waals surface area contributed by atoms with Gasteiger partial charge in [-0.05, 0) is 23.3 Å². The summed E-state index contributed by atoms with van der Waals surface area (Å²) in [4.78, 5) is 0. The zero-order valence-corrected chi connectivity index (χ0v) is 12.4. The van der Waals surface area contributed by atoms with Gasteiger partial charge >= 0.3 is 0 Å². The van der Waals surface area contributed by atoms with Gasteiger partial charge < -0.3 is 26.0 Å². The molecule has 2 aromatic carbocycles. The minimum atomic E-state index is -0.816. The van der Waals surface area contributed by atoms with Crippen molar-refractivity contribution in [3.8, 4) is 0 Å². The predicted octanol–water partition coefficient (Wildman–Crippen LogP) is 1.61. The molecule has 5 nitrogen and oxygen atoms in total. The molecule has 0 aliphatic heterocycles. The molecule has 2 atom stereocenters. The molecule has 1 aliphatic rings. The Kier molecular flexibility index (Phi) is 4.02. The highest BCUT2D eigenvalue weighted by molar-refractivity contribution is 5.71. The van der Waals surface area contributed by atoms with Gasteiger partial charge in [0.25, 0.3) is 0 Å². The van der Waals surface area contributed by atoms with Gasteiger partial charge in [-0.15, -0.1) is 0 Å². The van der Waals surface area contributed by atoms with E-state index in [0.717, 1.165) is 16.9 Å². The molecule has 0 saturated carbocycles. The molecule has 2 unspecified atom stereocenters. The van der Waals surface area contributed by atoms with E-state index in [4.69, 9.17) is 5.11 Å². The Morgan fingerprint density at radius 3 is 2.00 bits per heavy atom. The Bertz CT molecular complexity index is 688. The predicted molar refractivity (Wildman–Crippen MR) is 86.1 cm³/mol. The van der Waals surface area contributed by atoms with E-state index in [2.05, 4.69) is 10.6 Å². The highest BCUT2D eigenvalue weighted by Gasteiger charge is 2.33. The van der Waals surface area contributed by atoms with Gasteiger partial charge in [0.15, 0.2) is 0 Å². The standard InChI is InChI=1S/C17H20N2O3/c1-18-12-6-7-13(19-8-9-20)15-14(12)16(21)10-4-2-3-5-11(10)17(15)22/h2-7,16-22H,8-9H2,1H3. The summed E-state index contributed by atoms with van der Waals surface area (Å²) >= 11 is 0. The Morgan fingerprint density at radius 1 is 0.909 bits per heavy atom. The molecule has 1 aliphatic carbocycles. The molecule has 0 aromatic heterocycles. The first-order valence-corrected chi connectivity index (χ1v) is 7.33. The normalized spacial score (nSPS) is 19.3. The van der Waals surface area contributed by atoms with Crippen molar-refractivity contribution in [2.75, 3.05) is 30.8 Å². The van der Waals surface area contributed by atoms with Crippen LogP contribution >= 0.6 is 0 Å². The lowest BCUT2D eigenvalue weighted by Gasteiger charge is -2.32. The first-order valence-electron chi connectivity index (χ1n) is 7.33. The summed E-state index contributed by atoms with van der Waals surface area (Å²) in [5.74, 6) is 0. The fourth-order valence-corrected chi connectivity index (χ4v) is 3.11. The minimum Gasteiger partial charge on any atom is -0.395 e. The number of nitrogens with one attached hydrogen (secondary N) is 2. The molecule has 0 radical (unpaired) electrons. The van der Waals surface area contributed by atoms with E-state index < -0.39 is 12.2 Å². The average Bonchev–Trinajstić information content (AvgIpc) is 2.57. The van der Waals surface area contributed by atoms with Crippen LogP contribution in [0.4, 0.5) is 11.4 Å². The SMILES string of the molecule is CNc1ccc(NCCO)c2c1C(O)c1ccccc1C2O. The molecular weight excluding hydrogens is 280 g/mol. The number of aliphatic hydroxyl groups excluding tert-OH is 3. The van der Waals surface area contributed by atoms with Crippen molar-refractivity contribution in [1.29, 1.82) is 0 Å². The molecule has 0 bridgehead atoms. The van der Waals surface area contributed by atoms with E-state index in [1.807, 2.05) is 36.4 Å². The maximum absolute atomic E-state index is 10.8. The number of anilines is 2. The third kappa shape index (κ3) is 2.23. The van der Waals surface area contributed by atoms with Crippen LogP contribution in [0.1, 0.15) is 34.5 Å². The molecule has 116 valence electrons. The second-order valence-electron chi connectivity index (χ2n) is 5.32. The van der Waals surface area contributed by atoms with Gasteiger partial charge in [-0.2, -0.15) is 0 Å². The number of hydrogen-bond donors (Lipinski definition) is 5. The van der Waals surface area contributed by atoms with Crippen molar-refractivity contribution >= 4 is 11.4 Å². The number of aliphatic hydroxyl groups is 3. The number of hydrogen-bond acceptors (Lipinski definition) is 5. The molecule has 2 aromatic rings. The number of rotatable bonds is 4. The van der Waals surface area contributed by atoms with Crippen molar-refractivity contribution in [3.05, 3.63) is 58.7 Å². The third-order valence-corrected chi connectivity index (χ3v) is 4.12. The van der Waals surface area contributed by atoms with Crippen LogP contribution in [0.25, 0.3) is 0 Å². The molecule has 5 N–H and O–H groups in total. The minimum absolute atomic E-state index is 0.00219. The van der Waals surface area contributed by atoms with Crippen LogP contribution < -0.4 is 10.6 Å². The fourth-order valence-electron chi connectivity index (χ4n) is 3.11. The molecule has 0 saturated heterocycles. The Hall–Kier alpha value is -2.08. The zero-order valence-electron chi connectivity index (χ0n) is 12.4. The second-order valence-corrected chi connectivity index (χ2v) is 5.32. The van der Waals surface area contributed by atoms with Gasteiger partial charge in [0.05, 0.1) is 6.61 Å². The molecule has 5 heteroatoms. The Balaban J connectivity index is 2.20. The molecule has 0 fully saturated rings. The topological polar surface area (TPSA) is 84.8 Å². The lowest BCUT2D eigenvalue weighted by atomic mass is 9.80. The van der Waals surface area contributed by atoms with E-state index in [9.17, 15) is 10.2 Å².